The lowest BCUT2D eigenvalue weighted by Gasteiger charge is -2.26. The summed E-state index contributed by atoms with van der Waals surface area (Å²) < 4.78 is 15.3. The molecule has 0 N–H and O–H groups in total. The Bertz CT molecular complexity index is 1160. The van der Waals surface area contributed by atoms with E-state index < -0.39 is 5.97 Å². The molecule has 0 aliphatic carbocycles. The zero-order valence-corrected chi connectivity index (χ0v) is 18.7. The predicted octanol–water partition coefficient (Wildman–Crippen LogP) is 3.17. The first-order valence-corrected chi connectivity index (χ1v) is 10.7. The standard InChI is InChI=1S/C26H25N3O4/c1-31-24-17-23(26(30)32-2)27-25(28-24)22-11-9-20(10-12-22)4-3-19-5-7-21(8-6-19)18-29-13-15-33-16-14-29/h5-12,17H,13-16,18H2,1-2H3. The number of carbonyl (C=O) groups excluding carboxylic acids is 1. The maximum absolute atomic E-state index is 11.9. The molecule has 1 aliphatic rings. The highest BCUT2D eigenvalue weighted by Crippen LogP contribution is 2.20. The third kappa shape index (κ3) is 5.95. The number of aromatic nitrogens is 2. The van der Waals surface area contributed by atoms with Gasteiger partial charge in [0.05, 0.1) is 27.4 Å². The van der Waals surface area contributed by atoms with Crippen LogP contribution in [0.15, 0.2) is 54.6 Å². The zero-order chi connectivity index (χ0) is 23.0. The van der Waals surface area contributed by atoms with E-state index in [2.05, 4.69) is 51.0 Å². The van der Waals surface area contributed by atoms with E-state index in [1.54, 1.807) is 0 Å². The van der Waals surface area contributed by atoms with Gasteiger partial charge in [-0.2, -0.15) is 4.98 Å². The van der Waals surface area contributed by atoms with Crippen LogP contribution in [0.2, 0.25) is 0 Å². The van der Waals surface area contributed by atoms with Crippen molar-refractivity contribution in [2.75, 3.05) is 40.5 Å². The predicted molar refractivity (Wildman–Crippen MR) is 124 cm³/mol. The smallest absolute Gasteiger partial charge is 0.356 e. The minimum atomic E-state index is -0.546. The van der Waals surface area contributed by atoms with Gasteiger partial charge in [0.2, 0.25) is 5.88 Å². The minimum absolute atomic E-state index is 0.139. The van der Waals surface area contributed by atoms with E-state index in [-0.39, 0.29) is 5.69 Å². The van der Waals surface area contributed by atoms with Crippen LogP contribution in [0.4, 0.5) is 0 Å². The Labute approximate surface area is 193 Å². The number of benzene rings is 2. The summed E-state index contributed by atoms with van der Waals surface area (Å²) in [5, 5.41) is 0. The molecule has 1 fully saturated rings. The summed E-state index contributed by atoms with van der Waals surface area (Å²) in [5.74, 6) is 6.52. The normalized spacial score (nSPS) is 13.6. The number of rotatable bonds is 5. The Hall–Kier alpha value is -3.73. The number of hydrogen-bond donors (Lipinski definition) is 0. The summed E-state index contributed by atoms with van der Waals surface area (Å²) in [5.41, 5.74) is 3.99. The molecule has 0 unspecified atom stereocenters. The molecule has 7 heteroatoms. The van der Waals surface area contributed by atoms with Crippen molar-refractivity contribution in [1.29, 1.82) is 0 Å². The highest BCUT2D eigenvalue weighted by Gasteiger charge is 2.14. The van der Waals surface area contributed by atoms with Gasteiger partial charge in [0.1, 0.15) is 0 Å². The summed E-state index contributed by atoms with van der Waals surface area (Å²) in [6, 6.07) is 17.3. The van der Waals surface area contributed by atoms with E-state index in [0.29, 0.717) is 11.7 Å². The fourth-order valence-electron chi connectivity index (χ4n) is 3.43. The Balaban J connectivity index is 1.45. The summed E-state index contributed by atoms with van der Waals surface area (Å²) >= 11 is 0. The molecule has 2 aromatic carbocycles. The molecule has 0 bridgehead atoms. The third-order valence-corrected chi connectivity index (χ3v) is 5.26. The quantitative estimate of drug-likeness (QED) is 0.443. The van der Waals surface area contributed by atoms with Gasteiger partial charge < -0.3 is 14.2 Å². The molecular formula is C26H25N3O4. The van der Waals surface area contributed by atoms with E-state index in [9.17, 15) is 4.79 Å². The van der Waals surface area contributed by atoms with Crippen molar-refractivity contribution in [1.82, 2.24) is 14.9 Å². The molecule has 1 saturated heterocycles. The Morgan fingerprint density at radius 2 is 1.61 bits per heavy atom. The number of esters is 1. The van der Waals surface area contributed by atoms with Crippen molar-refractivity contribution >= 4 is 5.97 Å². The number of morpholine rings is 1. The molecule has 0 spiro atoms. The van der Waals surface area contributed by atoms with Crippen LogP contribution in [-0.4, -0.2) is 61.4 Å². The van der Waals surface area contributed by atoms with E-state index in [0.717, 1.165) is 49.5 Å². The van der Waals surface area contributed by atoms with Gasteiger partial charge in [-0.05, 0) is 42.0 Å². The molecule has 0 saturated carbocycles. The van der Waals surface area contributed by atoms with Crippen molar-refractivity contribution in [3.63, 3.8) is 0 Å². The first-order chi connectivity index (χ1) is 16.1. The van der Waals surface area contributed by atoms with Crippen LogP contribution in [0, 0.1) is 11.8 Å². The molecule has 4 rings (SSSR count). The number of hydrogen-bond acceptors (Lipinski definition) is 7. The molecule has 3 aromatic rings. The largest absolute Gasteiger partial charge is 0.481 e. The monoisotopic (exact) mass is 443 g/mol. The average molecular weight is 444 g/mol. The van der Waals surface area contributed by atoms with Crippen LogP contribution in [0.25, 0.3) is 11.4 Å². The lowest BCUT2D eigenvalue weighted by atomic mass is 10.1. The van der Waals surface area contributed by atoms with Crippen molar-refractivity contribution in [2.24, 2.45) is 0 Å². The molecule has 7 nitrogen and oxygen atoms in total. The summed E-state index contributed by atoms with van der Waals surface area (Å²) in [4.78, 5) is 22.9. The van der Waals surface area contributed by atoms with Crippen molar-refractivity contribution in [2.45, 2.75) is 6.54 Å². The number of nitrogens with zero attached hydrogens (tertiary/aromatic N) is 3. The fraction of sp³-hybridized carbons (Fsp3) is 0.269. The van der Waals surface area contributed by atoms with Crippen molar-refractivity contribution < 1.29 is 19.0 Å². The molecule has 0 atom stereocenters. The molecule has 33 heavy (non-hydrogen) atoms. The summed E-state index contributed by atoms with van der Waals surface area (Å²) in [6.07, 6.45) is 0. The van der Waals surface area contributed by atoms with E-state index in [1.165, 1.54) is 25.8 Å². The second-order valence-corrected chi connectivity index (χ2v) is 7.52. The summed E-state index contributed by atoms with van der Waals surface area (Å²) in [6.45, 7) is 4.49. The first-order valence-electron chi connectivity index (χ1n) is 10.7. The van der Waals surface area contributed by atoms with Gasteiger partial charge in [0.25, 0.3) is 0 Å². The highest BCUT2D eigenvalue weighted by atomic mass is 16.5. The lowest BCUT2D eigenvalue weighted by molar-refractivity contribution is 0.0342. The molecule has 0 radical (unpaired) electrons. The van der Waals surface area contributed by atoms with Crippen molar-refractivity contribution in [3.05, 3.63) is 77.0 Å². The summed E-state index contributed by atoms with van der Waals surface area (Å²) in [7, 11) is 2.79. The Kier molecular flexibility index (Phi) is 7.30. The molecule has 1 aliphatic heterocycles. The van der Waals surface area contributed by atoms with Gasteiger partial charge in [-0.3, -0.25) is 4.90 Å². The first kappa shape index (κ1) is 22.5. The molecule has 1 aromatic heterocycles. The highest BCUT2D eigenvalue weighted by molar-refractivity contribution is 5.88. The second-order valence-electron chi connectivity index (χ2n) is 7.52. The Morgan fingerprint density at radius 3 is 2.21 bits per heavy atom. The van der Waals surface area contributed by atoms with E-state index >= 15 is 0 Å². The van der Waals surface area contributed by atoms with E-state index in [4.69, 9.17) is 14.2 Å². The van der Waals surface area contributed by atoms with Gasteiger partial charge >= 0.3 is 5.97 Å². The number of methoxy groups -OCH3 is 2. The molecule has 0 amide bonds. The SMILES string of the molecule is COC(=O)c1cc(OC)nc(-c2ccc(C#Cc3ccc(CN4CCOCC4)cc3)cc2)n1. The lowest BCUT2D eigenvalue weighted by Crippen LogP contribution is -2.35. The number of carbonyl (C=O) groups is 1. The number of ether oxygens (including phenoxy) is 3. The Morgan fingerprint density at radius 1 is 0.970 bits per heavy atom. The van der Waals surface area contributed by atoms with Crippen molar-refractivity contribution in [3.8, 4) is 29.1 Å². The van der Waals surface area contributed by atoms with Crippen LogP contribution >= 0.6 is 0 Å². The third-order valence-electron chi connectivity index (χ3n) is 5.26. The second kappa shape index (κ2) is 10.7. The fourth-order valence-corrected chi connectivity index (χ4v) is 3.43. The molecule has 2 heterocycles. The average Bonchev–Trinajstić information content (AvgIpc) is 2.88. The van der Waals surface area contributed by atoms with Crippen LogP contribution < -0.4 is 4.74 Å². The topological polar surface area (TPSA) is 73.8 Å². The van der Waals surface area contributed by atoms with E-state index in [1.807, 2.05) is 24.3 Å². The van der Waals surface area contributed by atoms with Gasteiger partial charge in [0.15, 0.2) is 11.5 Å². The van der Waals surface area contributed by atoms with Crippen LogP contribution in [0.5, 0.6) is 5.88 Å². The van der Waals surface area contributed by atoms with Gasteiger partial charge in [0, 0.05) is 42.4 Å². The maximum Gasteiger partial charge on any atom is 0.356 e. The molecular weight excluding hydrogens is 418 g/mol. The minimum Gasteiger partial charge on any atom is -0.481 e. The van der Waals surface area contributed by atoms with Gasteiger partial charge in [-0.1, -0.05) is 24.0 Å². The molecule has 168 valence electrons. The van der Waals surface area contributed by atoms with Gasteiger partial charge in [-0.15, -0.1) is 0 Å². The van der Waals surface area contributed by atoms with Crippen LogP contribution in [-0.2, 0) is 16.0 Å². The van der Waals surface area contributed by atoms with Crippen LogP contribution in [0.3, 0.4) is 0 Å². The maximum atomic E-state index is 11.9. The van der Waals surface area contributed by atoms with Crippen LogP contribution in [0.1, 0.15) is 27.2 Å². The van der Waals surface area contributed by atoms with Gasteiger partial charge in [-0.25, -0.2) is 9.78 Å². The zero-order valence-electron chi connectivity index (χ0n) is 18.7.